The molecule has 0 aliphatic carbocycles. The van der Waals surface area contributed by atoms with Gasteiger partial charge >= 0.3 is 0 Å². The molecule has 0 saturated carbocycles. The zero-order chi connectivity index (χ0) is 19.0. The average molecular weight is 376 g/mol. The number of aryl methyl sites for hydroxylation is 2. The summed E-state index contributed by atoms with van der Waals surface area (Å²) in [7, 11) is 1.77. The Balaban J connectivity index is 1.56. The van der Waals surface area contributed by atoms with Crippen LogP contribution in [0.1, 0.15) is 17.0 Å². The summed E-state index contributed by atoms with van der Waals surface area (Å²) >= 11 is 1.57. The normalized spacial score (nSPS) is 11.2. The van der Waals surface area contributed by atoms with Crippen LogP contribution >= 0.6 is 11.8 Å². The lowest BCUT2D eigenvalue weighted by Gasteiger charge is -2.09. The Morgan fingerprint density at radius 1 is 1.04 bits per heavy atom. The molecule has 4 aromatic rings. The van der Waals surface area contributed by atoms with E-state index in [0.29, 0.717) is 5.39 Å². The summed E-state index contributed by atoms with van der Waals surface area (Å²) in [4.78, 5) is 17.1. The van der Waals surface area contributed by atoms with Crippen molar-refractivity contribution in [3.05, 3.63) is 81.9 Å². The van der Waals surface area contributed by atoms with Gasteiger partial charge in [0.05, 0.1) is 22.3 Å². The summed E-state index contributed by atoms with van der Waals surface area (Å²) < 4.78 is 3.57. The second-order valence-corrected chi connectivity index (χ2v) is 7.51. The van der Waals surface area contributed by atoms with Crippen LogP contribution in [0.3, 0.4) is 0 Å². The molecule has 0 bridgehead atoms. The first kappa shape index (κ1) is 17.5. The smallest absolute Gasteiger partial charge is 0.261 e. The fourth-order valence-corrected chi connectivity index (χ4v) is 4.03. The summed E-state index contributed by atoms with van der Waals surface area (Å²) in [5.41, 5.74) is 5.07. The van der Waals surface area contributed by atoms with Crippen molar-refractivity contribution in [2.75, 3.05) is 0 Å². The molecule has 0 saturated heterocycles. The highest BCUT2D eigenvalue weighted by Gasteiger charge is 2.09. The lowest BCUT2D eigenvalue weighted by molar-refractivity contribution is 0.726. The maximum Gasteiger partial charge on any atom is 0.261 e. The van der Waals surface area contributed by atoms with E-state index in [4.69, 9.17) is 0 Å². The van der Waals surface area contributed by atoms with E-state index in [-0.39, 0.29) is 5.56 Å². The molecule has 136 valence electrons. The van der Waals surface area contributed by atoms with Crippen LogP contribution in [-0.2, 0) is 12.8 Å². The predicted molar refractivity (Wildman–Crippen MR) is 110 cm³/mol. The van der Waals surface area contributed by atoms with Crippen LogP contribution < -0.4 is 5.56 Å². The first-order chi connectivity index (χ1) is 13.0. The number of benzene rings is 2. The number of para-hydroxylation sites is 1. The molecule has 0 amide bonds. The molecule has 0 N–H and O–H groups in total. The Morgan fingerprint density at radius 2 is 1.78 bits per heavy atom. The zero-order valence-electron chi connectivity index (χ0n) is 15.5. The van der Waals surface area contributed by atoms with Gasteiger partial charge in [-0.2, -0.15) is 5.10 Å². The predicted octanol–water partition coefficient (Wildman–Crippen LogP) is 4.03. The number of thioether (sulfide) groups is 1. The third-order valence-corrected chi connectivity index (χ3v) is 5.60. The average Bonchev–Trinajstić information content (AvgIpc) is 3.02. The largest absolute Gasteiger partial charge is 0.290 e. The lowest BCUT2D eigenvalue weighted by atomic mass is 10.2. The molecule has 4 rings (SSSR count). The van der Waals surface area contributed by atoms with E-state index in [1.807, 2.05) is 35.9 Å². The van der Waals surface area contributed by atoms with Crippen LogP contribution in [-0.4, -0.2) is 19.3 Å². The molecule has 0 fully saturated rings. The minimum atomic E-state index is -0.0111. The van der Waals surface area contributed by atoms with E-state index < -0.39 is 0 Å². The molecule has 0 aliphatic heterocycles. The quantitative estimate of drug-likeness (QED) is 0.399. The zero-order valence-corrected chi connectivity index (χ0v) is 16.3. The molecule has 27 heavy (non-hydrogen) atoms. The minimum absolute atomic E-state index is 0.0111. The number of aromatic nitrogens is 4. The molecular weight excluding hydrogens is 356 g/mol. The highest BCUT2D eigenvalue weighted by atomic mass is 32.2. The third-order valence-electron chi connectivity index (χ3n) is 4.50. The van der Waals surface area contributed by atoms with Gasteiger partial charge in [0.15, 0.2) is 5.16 Å². The van der Waals surface area contributed by atoms with Crippen molar-refractivity contribution in [2.45, 2.75) is 24.8 Å². The first-order valence-corrected chi connectivity index (χ1v) is 9.72. The van der Waals surface area contributed by atoms with Crippen LogP contribution in [0.25, 0.3) is 16.6 Å². The molecular formula is C21H20N4OS. The van der Waals surface area contributed by atoms with E-state index in [2.05, 4.69) is 47.3 Å². The SMILES string of the molecule is Cc1cc(C)n(-c2ccc(CSc3nc4ccccc4c(=O)n3C)cc2)n1. The number of hydrogen-bond donors (Lipinski definition) is 0. The summed E-state index contributed by atoms with van der Waals surface area (Å²) in [5, 5.41) is 5.89. The van der Waals surface area contributed by atoms with Gasteiger partial charge in [-0.25, -0.2) is 9.67 Å². The summed E-state index contributed by atoms with van der Waals surface area (Å²) in [6.07, 6.45) is 0. The third kappa shape index (κ3) is 3.40. The van der Waals surface area contributed by atoms with E-state index in [1.54, 1.807) is 23.4 Å². The number of fused-ring (bicyclic) bond motifs is 1. The van der Waals surface area contributed by atoms with Gasteiger partial charge in [-0.3, -0.25) is 9.36 Å². The minimum Gasteiger partial charge on any atom is -0.290 e. The summed E-state index contributed by atoms with van der Waals surface area (Å²) in [6, 6.07) is 17.9. The highest BCUT2D eigenvalue weighted by molar-refractivity contribution is 7.98. The molecule has 6 heteroatoms. The van der Waals surface area contributed by atoms with Crippen molar-refractivity contribution >= 4 is 22.7 Å². The molecule has 0 atom stereocenters. The molecule has 2 aromatic carbocycles. The number of rotatable bonds is 4. The second kappa shape index (κ2) is 7.04. The topological polar surface area (TPSA) is 52.7 Å². The summed E-state index contributed by atoms with van der Waals surface area (Å²) in [6.45, 7) is 4.05. The van der Waals surface area contributed by atoms with Crippen molar-refractivity contribution in [1.82, 2.24) is 19.3 Å². The van der Waals surface area contributed by atoms with Crippen LogP contribution in [0, 0.1) is 13.8 Å². The van der Waals surface area contributed by atoms with Crippen LogP contribution in [0.5, 0.6) is 0 Å². The molecule has 2 aromatic heterocycles. The van der Waals surface area contributed by atoms with Gasteiger partial charge < -0.3 is 0 Å². The van der Waals surface area contributed by atoms with E-state index in [9.17, 15) is 4.79 Å². The van der Waals surface area contributed by atoms with Crippen LogP contribution in [0.15, 0.2) is 64.5 Å². The van der Waals surface area contributed by atoms with E-state index in [1.165, 1.54) is 5.56 Å². The maximum absolute atomic E-state index is 12.5. The van der Waals surface area contributed by atoms with Gasteiger partial charge in [0.25, 0.3) is 5.56 Å². The molecule has 0 aliphatic rings. The molecule has 0 unspecified atom stereocenters. The van der Waals surface area contributed by atoms with Gasteiger partial charge in [0.2, 0.25) is 0 Å². The van der Waals surface area contributed by atoms with Crippen molar-refractivity contribution in [3.63, 3.8) is 0 Å². The van der Waals surface area contributed by atoms with Crippen LogP contribution in [0.4, 0.5) is 0 Å². The summed E-state index contributed by atoms with van der Waals surface area (Å²) in [5.74, 6) is 0.746. The second-order valence-electron chi connectivity index (χ2n) is 6.57. The van der Waals surface area contributed by atoms with Crippen molar-refractivity contribution in [3.8, 4) is 5.69 Å². The number of hydrogen-bond acceptors (Lipinski definition) is 4. The van der Waals surface area contributed by atoms with Gasteiger partial charge in [-0.15, -0.1) is 0 Å². The monoisotopic (exact) mass is 376 g/mol. The van der Waals surface area contributed by atoms with Crippen molar-refractivity contribution in [2.24, 2.45) is 7.05 Å². The Kier molecular flexibility index (Phi) is 4.58. The Labute approximate surface area is 161 Å². The van der Waals surface area contributed by atoms with Gasteiger partial charge in [0.1, 0.15) is 0 Å². The Morgan fingerprint density at radius 3 is 2.48 bits per heavy atom. The Hall–Kier alpha value is -2.86. The van der Waals surface area contributed by atoms with Crippen molar-refractivity contribution < 1.29 is 0 Å². The van der Waals surface area contributed by atoms with E-state index >= 15 is 0 Å². The standard InChI is InChI=1S/C21H20N4OS/c1-14-12-15(2)25(23-14)17-10-8-16(9-11-17)13-27-21-22-19-7-5-4-6-18(19)20(26)24(21)3/h4-12H,13H2,1-3H3. The lowest BCUT2D eigenvalue weighted by Crippen LogP contribution is -2.19. The first-order valence-electron chi connectivity index (χ1n) is 8.74. The van der Waals surface area contributed by atoms with Gasteiger partial charge in [-0.1, -0.05) is 36.0 Å². The molecule has 0 radical (unpaired) electrons. The van der Waals surface area contributed by atoms with Gasteiger partial charge in [-0.05, 0) is 49.7 Å². The van der Waals surface area contributed by atoms with Crippen LogP contribution in [0.2, 0.25) is 0 Å². The number of nitrogens with zero attached hydrogens (tertiary/aromatic N) is 4. The van der Waals surface area contributed by atoms with E-state index in [0.717, 1.165) is 33.5 Å². The van der Waals surface area contributed by atoms with Gasteiger partial charge in [0, 0.05) is 18.5 Å². The fraction of sp³-hybridized carbons (Fsp3) is 0.190. The molecule has 5 nitrogen and oxygen atoms in total. The fourth-order valence-electron chi connectivity index (χ4n) is 3.10. The Bertz CT molecular complexity index is 1180. The maximum atomic E-state index is 12.5. The molecule has 0 spiro atoms. The highest BCUT2D eigenvalue weighted by Crippen LogP contribution is 2.22. The van der Waals surface area contributed by atoms with Crippen molar-refractivity contribution in [1.29, 1.82) is 0 Å². The molecule has 2 heterocycles.